The number of rotatable bonds is 6. The van der Waals surface area contributed by atoms with E-state index < -0.39 is 15.5 Å². The molecule has 0 saturated heterocycles. The number of nitrogens with zero attached hydrogens (tertiary/aromatic N) is 1. The van der Waals surface area contributed by atoms with Crippen molar-refractivity contribution in [3.05, 3.63) is 0 Å². The summed E-state index contributed by atoms with van der Waals surface area (Å²) >= 11 is 0. The van der Waals surface area contributed by atoms with Gasteiger partial charge in [-0.05, 0) is 13.8 Å². The van der Waals surface area contributed by atoms with Crippen molar-refractivity contribution in [2.75, 3.05) is 26.2 Å². The molecule has 0 aliphatic heterocycles. The van der Waals surface area contributed by atoms with Gasteiger partial charge in [-0.3, -0.25) is 0 Å². The standard InChI is InChI=1S/C8H19NO4S/c1-4-9(5-2,6-7-10)8(3)14(11,12)13/h8,10H,4-7H2,1-3H3. The number of hydrogen-bond acceptors (Lipinski definition) is 4. The van der Waals surface area contributed by atoms with Gasteiger partial charge < -0.3 is 14.1 Å². The van der Waals surface area contributed by atoms with E-state index in [0.717, 1.165) is 0 Å². The molecule has 0 heterocycles. The largest absolute Gasteiger partial charge is 0.743 e. The Bertz CT molecular complexity index is 259. The number of aliphatic hydroxyl groups is 1. The molecule has 0 rings (SSSR count). The molecule has 0 aliphatic carbocycles. The summed E-state index contributed by atoms with van der Waals surface area (Å²) in [6.07, 6.45) is 0. The van der Waals surface area contributed by atoms with Crippen molar-refractivity contribution in [3.63, 3.8) is 0 Å². The Labute approximate surface area is 85.7 Å². The summed E-state index contributed by atoms with van der Waals surface area (Å²) in [4.78, 5) is 0. The van der Waals surface area contributed by atoms with Crippen molar-refractivity contribution in [3.8, 4) is 0 Å². The second-order valence-corrected chi connectivity index (χ2v) is 5.06. The van der Waals surface area contributed by atoms with Crippen molar-refractivity contribution in [1.29, 1.82) is 0 Å². The second-order valence-electron chi connectivity index (χ2n) is 3.39. The maximum Gasteiger partial charge on any atom is 0.176 e. The quantitative estimate of drug-likeness (QED) is 0.498. The van der Waals surface area contributed by atoms with E-state index in [1.165, 1.54) is 6.92 Å². The molecule has 86 valence electrons. The van der Waals surface area contributed by atoms with Gasteiger partial charge in [0, 0.05) is 6.92 Å². The van der Waals surface area contributed by atoms with Crippen LogP contribution in [0.5, 0.6) is 0 Å². The molecule has 0 amide bonds. The first-order valence-electron chi connectivity index (χ1n) is 4.75. The van der Waals surface area contributed by atoms with Crippen LogP contribution in [0.25, 0.3) is 0 Å². The van der Waals surface area contributed by atoms with Crippen molar-refractivity contribution < 1.29 is 22.6 Å². The molecule has 6 heteroatoms. The predicted octanol–water partition coefficient (Wildman–Crippen LogP) is -0.274. The summed E-state index contributed by atoms with van der Waals surface area (Å²) in [5, 5.41) is 7.87. The number of likely N-dealkylation sites (N-methyl/N-ethyl adjacent to an activating group) is 1. The van der Waals surface area contributed by atoms with Gasteiger partial charge in [0.2, 0.25) is 0 Å². The van der Waals surface area contributed by atoms with Crippen LogP contribution in [-0.4, -0.2) is 54.2 Å². The summed E-state index contributed by atoms with van der Waals surface area (Å²) in [7, 11) is -4.30. The zero-order valence-corrected chi connectivity index (χ0v) is 9.75. The molecule has 0 aromatic carbocycles. The van der Waals surface area contributed by atoms with E-state index in [0.29, 0.717) is 19.6 Å². The van der Waals surface area contributed by atoms with Crippen LogP contribution in [0.1, 0.15) is 20.8 Å². The fourth-order valence-electron chi connectivity index (χ4n) is 1.71. The minimum Gasteiger partial charge on any atom is -0.743 e. The second kappa shape index (κ2) is 5.06. The molecule has 1 N–H and O–H groups in total. The first-order valence-corrected chi connectivity index (χ1v) is 6.22. The maximum absolute atomic E-state index is 10.9. The number of hydrogen-bond donors (Lipinski definition) is 1. The SMILES string of the molecule is CC[N+](CC)(CCO)C(C)S(=O)(=O)[O-]. The zero-order chi connectivity index (χ0) is 11.4. The minimum atomic E-state index is -4.30. The van der Waals surface area contributed by atoms with Gasteiger partial charge in [-0.1, -0.05) is 0 Å². The summed E-state index contributed by atoms with van der Waals surface area (Å²) < 4.78 is 32.9. The van der Waals surface area contributed by atoms with Crippen molar-refractivity contribution in [2.24, 2.45) is 0 Å². The van der Waals surface area contributed by atoms with Gasteiger partial charge in [0.25, 0.3) is 0 Å². The highest BCUT2D eigenvalue weighted by molar-refractivity contribution is 7.86. The zero-order valence-electron chi connectivity index (χ0n) is 8.93. The van der Waals surface area contributed by atoms with Crippen LogP contribution in [-0.2, 0) is 10.1 Å². The molecule has 0 aromatic heterocycles. The van der Waals surface area contributed by atoms with E-state index in [1.54, 1.807) is 0 Å². The van der Waals surface area contributed by atoms with E-state index in [-0.39, 0.29) is 11.1 Å². The van der Waals surface area contributed by atoms with Gasteiger partial charge in [-0.15, -0.1) is 0 Å². The van der Waals surface area contributed by atoms with Gasteiger partial charge in [0.1, 0.15) is 16.7 Å². The lowest BCUT2D eigenvalue weighted by Crippen LogP contribution is -2.58. The highest BCUT2D eigenvalue weighted by Gasteiger charge is 2.34. The van der Waals surface area contributed by atoms with E-state index >= 15 is 0 Å². The van der Waals surface area contributed by atoms with Gasteiger partial charge in [0.05, 0.1) is 19.7 Å². The smallest absolute Gasteiger partial charge is 0.176 e. The van der Waals surface area contributed by atoms with Crippen molar-refractivity contribution in [2.45, 2.75) is 26.1 Å². The van der Waals surface area contributed by atoms with E-state index in [9.17, 15) is 13.0 Å². The Hall–Kier alpha value is -0.170. The third-order valence-electron chi connectivity index (χ3n) is 2.99. The van der Waals surface area contributed by atoms with Crippen LogP contribution in [0.4, 0.5) is 0 Å². The Balaban J connectivity index is 4.98. The van der Waals surface area contributed by atoms with Crippen molar-refractivity contribution in [1.82, 2.24) is 0 Å². The summed E-state index contributed by atoms with van der Waals surface area (Å²) in [5.41, 5.74) is 0. The molecule has 0 bridgehead atoms. The fraction of sp³-hybridized carbons (Fsp3) is 1.00. The van der Waals surface area contributed by atoms with Crippen LogP contribution in [0.15, 0.2) is 0 Å². The Morgan fingerprint density at radius 2 is 1.79 bits per heavy atom. The third-order valence-corrected chi connectivity index (χ3v) is 4.28. The summed E-state index contributed by atoms with van der Waals surface area (Å²) in [5.74, 6) is 0. The molecular formula is C8H19NO4S. The molecule has 0 saturated carbocycles. The van der Waals surface area contributed by atoms with Gasteiger partial charge in [-0.2, -0.15) is 0 Å². The summed E-state index contributed by atoms with van der Waals surface area (Å²) in [6, 6.07) is 0. The molecule has 0 aromatic rings. The summed E-state index contributed by atoms with van der Waals surface area (Å²) in [6.45, 7) is 6.29. The fourth-order valence-corrected chi connectivity index (χ4v) is 2.66. The number of aliphatic hydroxyl groups excluding tert-OH is 1. The molecule has 14 heavy (non-hydrogen) atoms. The lowest BCUT2D eigenvalue weighted by Gasteiger charge is -2.42. The molecular weight excluding hydrogens is 206 g/mol. The average Bonchev–Trinajstić information content (AvgIpc) is 2.12. The molecule has 0 aliphatic rings. The van der Waals surface area contributed by atoms with E-state index in [1.807, 2.05) is 13.8 Å². The van der Waals surface area contributed by atoms with Crippen LogP contribution < -0.4 is 0 Å². The average molecular weight is 225 g/mol. The first-order chi connectivity index (χ1) is 6.34. The molecule has 1 unspecified atom stereocenters. The lowest BCUT2D eigenvalue weighted by atomic mass is 10.3. The Morgan fingerprint density at radius 3 is 2.00 bits per heavy atom. The molecule has 1 atom stereocenters. The number of quaternary nitrogens is 1. The molecule has 0 radical (unpaired) electrons. The van der Waals surface area contributed by atoms with Gasteiger partial charge in [0.15, 0.2) is 5.37 Å². The van der Waals surface area contributed by atoms with E-state index in [4.69, 9.17) is 5.11 Å². The molecule has 0 fully saturated rings. The van der Waals surface area contributed by atoms with Crippen molar-refractivity contribution >= 4 is 10.1 Å². The molecule has 5 nitrogen and oxygen atoms in total. The van der Waals surface area contributed by atoms with Gasteiger partial charge >= 0.3 is 0 Å². The lowest BCUT2D eigenvalue weighted by molar-refractivity contribution is -0.934. The van der Waals surface area contributed by atoms with E-state index in [2.05, 4.69) is 0 Å². The van der Waals surface area contributed by atoms with Crippen LogP contribution in [0.2, 0.25) is 0 Å². The Morgan fingerprint density at radius 1 is 1.36 bits per heavy atom. The predicted molar refractivity (Wildman–Crippen MR) is 52.5 cm³/mol. The highest BCUT2D eigenvalue weighted by atomic mass is 32.2. The first kappa shape index (κ1) is 13.8. The van der Waals surface area contributed by atoms with Crippen LogP contribution in [0.3, 0.4) is 0 Å². The molecule has 0 spiro atoms. The Kier molecular flexibility index (Phi) is 5.00. The highest BCUT2D eigenvalue weighted by Crippen LogP contribution is 2.17. The van der Waals surface area contributed by atoms with Crippen LogP contribution in [0, 0.1) is 0 Å². The minimum absolute atomic E-state index is 0.110. The monoisotopic (exact) mass is 225 g/mol. The maximum atomic E-state index is 10.9. The van der Waals surface area contributed by atoms with Crippen LogP contribution >= 0.6 is 0 Å². The topological polar surface area (TPSA) is 77.4 Å². The third kappa shape index (κ3) is 2.91. The van der Waals surface area contributed by atoms with Gasteiger partial charge in [-0.25, -0.2) is 8.42 Å². The normalized spacial score (nSPS) is 15.5.